The molecule has 3 aliphatic rings. The zero-order valence-corrected chi connectivity index (χ0v) is 15.4. The number of ether oxygens (including phenoxy) is 2. The van der Waals surface area contributed by atoms with Crippen molar-refractivity contribution in [2.75, 3.05) is 32.9 Å². The van der Waals surface area contributed by atoms with Crippen molar-refractivity contribution in [1.82, 2.24) is 14.9 Å². The number of rotatable bonds is 5. The zero-order valence-electron chi connectivity index (χ0n) is 15.4. The van der Waals surface area contributed by atoms with E-state index < -0.39 is 0 Å². The highest BCUT2D eigenvalue weighted by molar-refractivity contribution is 5.92. The van der Waals surface area contributed by atoms with Crippen molar-refractivity contribution in [2.45, 2.75) is 51.0 Å². The summed E-state index contributed by atoms with van der Waals surface area (Å²) in [6.07, 6.45) is 11.5. The Morgan fingerprint density at radius 2 is 2.19 bits per heavy atom. The van der Waals surface area contributed by atoms with Crippen LogP contribution in [0.2, 0.25) is 0 Å². The molecule has 0 aromatic carbocycles. The summed E-state index contributed by atoms with van der Waals surface area (Å²) in [5.41, 5.74) is 0.398. The van der Waals surface area contributed by atoms with E-state index in [9.17, 15) is 4.79 Å². The molecule has 26 heavy (non-hydrogen) atoms. The van der Waals surface area contributed by atoms with Crippen LogP contribution in [0, 0.1) is 11.3 Å². The average Bonchev–Trinajstić information content (AvgIpc) is 3.21. The predicted molar refractivity (Wildman–Crippen MR) is 96.7 cm³/mol. The molecule has 1 saturated carbocycles. The number of nitrogens with zero attached hydrogens (tertiary/aromatic N) is 3. The third-order valence-corrected chi connectivity index (χ3v) is 6.29. The Labute approximate surface area is 155 Å². The molecule has 1 aliphatic carbocycles. The lowest BCUT2D eigenvalue weighted by atomic mass is 9.73. The number of piperidine rings is 1. The Morgan fingerprint density at radius 1 is 1.31 bits per heavy atom. The third-order valence-electron chi connectivity index (χ3n) is 6.29. The van der Waals surface area contributed by atoms with Crippen molar-refractivity contribution in [3.63, 3.8) is 0 Å². The maximum Gasteiger partial charge on any atom is 0.272 e. The van der Waals surface area contributed by atoms with Gasteiger partial charge >= 0.3 is 0 Å². The van der Waals surface area contributed by atoms with Crippen LogP contribution in [0.4, 0.5) is 0 Å². The minimum atomic E-state index is -0.0716. The second-order valence-electron chi connectivity index (χ2n) is 8.10. The number of fused-ring (bicyclic) bond motifs is 1. The van der Waals surface area contributed by atoms with Gasteiger partial charge in [0.2, 0.25) is 0 Å². The molecule has 6 nitrogen and oxygen atoms in total. The molecule has 4 rings (SSSR count). The van der Waals surface area contributed by atoms with Crippen LogP contribution in [-0.2, 0) is 9.47 Å². The van der Waals surface area contributed by atoms with Crippen molar-refractivity contribution >= 4 is 5.91 Å². The van der Waals surface area contributed by atoms with E-state index >= 15 is 0 Å². The largest absolute Gasteiger partial charge is 0.380 e. The lowest BCUT2D eigenvalue weighted by Gasteiger charge is -2.50. The van der Waals surface area contributed by atoms with Gasteiger partial charge in [-0.25, -0.2) is 9.97 Å². The molecule has 1 amide bonds. The Morgan fingerprint density at radius 3 is 3.00 bits per heavy atom. The van der Waals surface area contributed by atoms with Gasteiger partial charge < -0.3 is 14.4 Å². The van der Waals surface area contributed by atoms with Crippen molar-refractivity contribution in [2.24, 2.45) is 11.3 Å². The fraction of sp³-hybridized carbons (Fsp3) is 0.750. The van der Waals surface area contributed by atoms with Crippen LogP contribution in [-0.4, -0.2) is 59.8 Å². The fourth-order valence-corrected chi connectivity index (χ4v) is 4.86. The molecule has 0 bridgehead atoms. The highest BCUT2D eigenvalue weighted by atomic mass is 16.5. The van der Waals surface area contributed by atoms with Crippen molar-refractivity contribution < 1.29 is 14.3 Å². The van der Waals surface area contributed by atoms with E-state index in [4.69, 9.17) is 9.47 Å². The minimum Gasteiger partial charge on any atom is -0.380 e. The Balaban J connectivity index is 1.43. The molecular formula is C20H29N3O3. The van der Waals surface area contributed by atoms with Crippen LogP contribution in [0.3, 0.4) is 0 Å². The molecule has 0 N–H and O–H groups in total. The topological polar surface area (TPSA) is 64.6 Å². The average molecular weight is 359 g/mol. The molecule has 2 aliphatic heterocycles. The van der Waals surface area contributed by atoms with Crippen molar-refractivity contribution in [3.05, 3.63) is 24.3 Å². The maximum absolute atomic E-state index is 12.9. The number of carbonyl (C=O) groups is 1. The molecule has 2 saturated heterocycles. The molecule has 142 valence electrons. The number of amides is 1. The summed E-state index contributed by atoms with van der Waals surface area (Å²) < 4.78 is 12.3. The first kappa shape index (κ1) is 17.9. The SMILES string of the molecule is O=C(c1ccncn1)N1CC[C@@H]2OCCC[C@@]2(COCC2CCCC2)C1. The summed E-state index contributed by atoms with van der Waals surface area (Å²) >= 11 is 0. The van der Waals surface area contributed by atoms with Crippen LogP contribution >= 0.6 is 0 Å². The third kappa shape index (κ3) is 3.76. The van der Waals surface area contributed by atoms with Gasteiger partial charge in [-0.3, -0.25) is 4.79 Å². The van der Waals surface area contributed by atoms with Gasteiger partial charge in [-0.1, -0.05) is 12.8 Å². The highest BCUT2D eigenvalue weighted by Crippen LogP contribution is 2.41. The van der Waals surface area contributed by atoms with E-state index in [1.54, 1.807) is 12.3 Å². The summed E-state index contributed by atoms with van der Waals surface area (Å²) in [5.74, 6) is 0.711. The van der Waals surface area contributed by atoms with Gasteiger partial charge in [0.15, 0.2) is 0 Å². The van der Waals surface area contributed by atoms with E-state index in [2.05, 4.69) is 9.97 Å². The molecule has 6 heteroatoms. The first-order valence-electron chi connectivity index (χ1n) is 10.0. The summed E-state index contributed by atoms with van der Waals surface area (Å²) in [6.45, 7) is 3.80. The number of aromatic nitrogens is 2. The van der Waals surface area contributed by atoms with Gasteiger partial charge in [0, 0.05) is 37.9 Å². The summed E-state index contributed by atoms with van der Waals surface area (Å²) in [4.78, 5) is 22.8. The second-order valence-corrected chi connectivity index (χ2v) is 8.10. The maximum atomic E-state index is 12.9. The van der Waals surface area contributed by atoms with Crippen LogP contribution in [0.25, 0.3) is 0 Å². The van der Waals surface area contributed by atoms with E-state index in [1.807, 2.05) is 4.90 Å². The number of carbonyl (C=O) groups excluding carboxylic acids is 1. The van der Waals surface area contributed by atoms with Crippen LogP contribution in [0.5, 0.6) is 0 Å². The van der Waals surface area contributed by atoms with Crippen LogP contribution in [0.1, 0.15) is 55.4 Å². The Bertz CT molecular complexity index is 606. The molecule has 0 unspecified atom stereocenters. The number of hydrogen-bond donors (Lipinski definition) is 0. The molecule has 2 atom stereocenters. The normalized spacial score (nSPS) is 29.5. The fourth-order valence-electron chi connectivity index (χ4n) is 4.86. The Kier molecular flexibility index (Phi) is 5.50. The zero-order chi connectivity index (χ0) is 17.8. The first-order chi connectivity index (χ1) is 12.8. The number of likely N-dealkylation sites (tertiary alicyclic amines) is 1. The van der Waals surface area contributed by atoms with Crippen LogP contribution in [0.15, 0.2) is 18.6 Å². The predicted octanol–water partition coefficient (Wildman–Crippen LogP) is 2.69. The lowest BCUT2D eigenvalue weighted by molar-refractivity contribution is -0.148. The molecule has 1 aromatic heterocycles. The van der Waals surface area contributed by atoms with Gasteiger partial charge in [-0.05, 0) is 44.1 Å². The van der Waals surface area contributed by atoms with E-state index in [0.717, 1.165) is 44.9 Å². The minimum absolute atomic E-state index is 0.00779. The quantitative estimate of drug-likeness (QED) is 0.809. The van der Waals surface area contributed by atoms with Crippen molar-refractivity contribution in [3.8, 4) is 0 Å². The molecule has 0 radical (unpaired) electrons. The summed E-state index contributed by atoms with van der Waals surface area (Å²) in [6, 6.07) is 1.69. The molecule has 3 fully saturated rings. The highest BCUT2D eigenvalue weighted by Gasteiger charge is 2.47. The summed E-state index contributed by atoms with van der Waals surface area (Å²) in [7, 11) is 0. The monoisotopic (exact) mass is 359 g/mol. The van der Waals surface area contributed by atoms with Crippen LogP contribution < -0.4 is 0 Å². The first-order valence-corrected chi connectivity index (χ1v) is 10.0. The number of hydrogen-bond acceptors (Lipinski definition) is 5. The molecular weight excluding hydrogens is 330 g/mol. The van der Waals surface area contributed by atoms with E-state index in [1.165, 1.54) is 32.0 Å². The van der Waals surface area contributed by atoms with E-state index in [0.29, 0.717) is 18.8 Å². The van der Waals surface area contributed by atoms with Gasteiger partial charge in [0.1, 0.15) is 12.0 Å². The molecule has 1 aromatic rings. The van der Waals surface area contributed by atoms with Gasteiger partial charge in [-0.2, -0.15) is 0 Å². The molecule has 3 heterocycles. The van der Waals surface area contributed by atoms with Gasteiger partial charge in [0.05, 0.1) is 12.7 Å². The van der Waals surface area contributed by atoms with Gasteiger partial charge in [-0.15, -0.1) is 0 Å². The standard InChI is InChI=1S/C20H29N3O3/c24-19(17-6-9-21-15-22-17)23-10-7-18-20(13-23,8-3-11-26-18)14-25-12-16-4-1-2-5-16/h6,9,15-16,18H,1-5,7-8,10-14H2/t18-,20-/m0/s1. The Hall–Kier alpha value is -1.53. The lowest BCUT2D eigenvalue weighted by Crippen LogP contribution is -2.58. The van der Waals surface area contributed by atoms with Crippen molar-refractivity contribution in [1.29, 1.82) is 0 Å². The summed E-state index contributed by atoms with van der Waals surface area (Å²) in [5, 5.41) is 0. The molecule has 0 spiro atoms. The van der Waals surface area contributed by atoms with Gasteiger partial charge in [0.25, 0.3) is 5.91 Å². The van der Waals surface area contributed by atoms with E-state index in [-0.39, 0.29) is 17.4 Å². The smallest absolute Gasteiger partial charge is 0.272 e. The second kappa shape index (κ2) is 8.01.